The van der Waals surface area contributed by atoms with E-state index in [0.29, 0.717) is 12.2 Å². The topological polar surface area (TPSA) is 65.8 Å². The smallest absolute Gasteiger partial charge is 0.250 e. The number of pyridine rings is 1. The number of aromatic nitrogens is 3. The molecule has 0 radical (unpaired) electrons. The molecule has 0 amide bonds. The van der Waals surface area contributed by atoms with Crippen LogP contribution in [0.4, 0.5) is 5.69 Å². The van der Waals surface area contributed by atoms with Gasteiger partial charge in [0.1, 0.15) is 0 Å². The molecule has 0 aliphatic carbocycles. The first kappa shape index (κ1) is 12.8. The first-order valence-corrected chi connectivity index (χ1v) is 6.64. The monoisotopic (exact) mass is 264 g/mol. The average Bonchev–Trinajstić information content (AvgIpc) is 2.62. The molecule has 2 N–H and O–H groups in total. The minimum Gasteiger partial charge on any atom is -0.398 e. The highest BCUT2D eigenvalue weighted by Gasteiger charge is 2.03. The summed E-state index contributed by atoms with van der Waals surface area (Å²) in [5, 5.41) is 5.38. The van der Waals surface area contributed by atoms with Crippen molar-refractivity contribution in [3.63, 3.8) is 0 Å². The third-order valence-electron chi connectivity index (χ3n) is 2.55. The molecule has 0 bridgehead atoms. The van der Waals surface area contributed by atoms with E-state index in [1.807, 2.05) is 24.7 Å². The van der Waals surface area contributed by atoms with E-state index in [0.717, 1.165) is 16.5 Å². The number of hydrogen-bond donors (Lipinski definition) is 1. The van der Waals surface area contributed by atoms with Gasteiger partial charge in [-0.15, -0.1) is 11.8 Å². The average molecular weight is 264 g/mol. The fourth-order valence-electron chi connectivity index (χ4n) is 1.70. The number of rotatable bonds is 4. The van der Waals surface area contributed by atoms with Crippen LogP contribution in [-0.2, 0) is 13.6 Å². The third kappa shape index (κ3) is 2.95. The van der Waals surface area contributed by atoms with Crippen LogP contribution in [0.15, 0.2) is 34.2 Å². The van der Waals surface area contributed by atoms with Gasteiger partial charge in [0.25, 0.3) is 5.56 Å². The molecule has 2 aromatic heterocycles. The van der Waals surface area contributed by atoms with E-state index in [1.165, 1.54) is 6.07 Å². The summed E-state index contributed by atoms with van der Waals surface area (Å²) >= 11 is 1.68. The molecule has 5 nitrogen and oxygen atoms in total. The van der Waals surface area contributed by atoms with E-state index in [1.54, 1.807) is 28.6 Å². The largest absolute Gasteiger partial charge is 0.398 e. The normalized spacial score (nSPS) is 10.8. The minimum atomic E-state index is -0.0222. The molecular formula is C12H16N4OS. The van der Waals surface area contributed by atoms with Gasteiger partial charge in [0.05, 0.1) is 10.7 Å². The van der Waals surface area contributed by atoms with Crippen molar-refractivity contribution in [2.75, 3.05) is 11.5 Å². The number of aryl methyl sites for hydroxylation is 3. The lowest BCUT2D eigenvalue weighted by atomic mass is 10.4. The van der Waals surface area contributed by atoms with Crippen LogP contribution in [0, 0.1) is 6.92 Å². The standard InChI is InChI=1S/C12H16N4OS/c1-9-7-12(15(2)14-9)18-6-5-16-8-10(13)3-4-11(16)17/h3-4,7-8H,5-6,13H2,1-2H3. The summed E-state index contributed by atoms with van der Waals surface area (Å²) in [4.78, 5) is 11.6. The van der Waals surface area contributed by atoms with Crippen molar-refractivity contribution >= 4 is 17.4 Å². The second-order valence-electron chi connectivity index (χ2n) is 4.09. The van der Waals surface area contributed by atoms with Gasteiger partial charge in [-0.3, -0.25) is 9.48 Å². The van der Waals surface area contributed by atoms with E-state index in [-0.39, 0.29) is 5.56 Å². The van der Waals surface area contributed by atoms with Crippen molar-refractivity contribution in [2.24, 2.45) is 7.05 Å². The Balaban J connectivity index is 1.98. The van der Waals surface area contributed by atoms with Gasteiger partial charge in [-0.05, 0) is 19.1 Å². The second-order valence-corrected chi connectivity index (χ2v) is 5.21. The highest BCUT2D eigenvalue weighted by atomic mass is 32.2. The maximum absolute atomic E-state index is 11.6. The lowest BCUT2D eigenvalue weighted by Crippen LogP contribution is -2.19. The SMILES string of the molecule is Cc1cc(SCCn2cc(N)ccc2=O)n(C)n1. The molecule has 0 saturated carbocycles. The van der Waals surface area contributed by atoms with E-state index >= 15 is 0 Å². The molecular weight excluding hydrogens is 248 g/mol. The second kappa shape index (κ2) is 5.30. The minimum absolute atomic E-state index is 0.0222. The Bertz CT molecular complexity index is 602. The molecule has 0 aromatic carbocycles. The van der Waals surface area contributed by atoms with Crippen LogP contribution in [0.3, 0.4) is 0 Å². The third-order valence-corrected chi connectivity index (χ3v) is 3.61. The molecule has 0 aliphatic heterocycles. The number of anilines is 1. The van der Waals surface area contributed by atoms with Crippen LogP contribution in [0.2, 0.25) is 0 Å². The maximum atomic E-state index is 11.6. The number of nitrogens with zero attached hydrogens (tertiary/aromatic N) is 3. The molecule has 96 valence electrons. The van der Waals surface area contributed by atoms with Gasteiger partial charge in [0.2, 0.25) is 0 Å². The van der Waals surface area contributed by atoms with Gasteiger partial charge in [0.15, 0.2) is 0 Å². The van der Waals surface area contributed by atoms with Crippen LogP contribution in [-0.4, -0.2) is 20.1 Å². The molecule has 2 heterocycles. The Morgan fingerprint density at radius 3 is 2.89 bits per heavy atom. The first-order chi connectivity index (χ1) is 8.56. The van der Waals surface area contributed by atoms with Crippen molar-refractivity contribution in [3.8, 4) is 0 Å². The summed E-state index contributed by atoms with van der Waals surface area (Å²) in [5.41, 5.74) is 7.24. The molecule has 0 atom stereocenters. The van der Waals surface area contributed by atoms with Gasteiger partial charge in [-0.2, -0.15) is 5.10 Å². The van der Waals surface area contributed by atoms with Crippen LogP contribution in [0.5, 0.6) is 0 Å². The Hall–Kier alpha value is -1.69. The van der Waals surface area contributed by atoms with Crippen LogP contribution in [0.1, 0.15) is 5.69 Å². The maximum Gasteiger partial charge on any atom is 0.250 e. The molecule has 6 heteroatoms. The summed E-state index contributed by atoms with van der Waals surface area (Å²) < 4.78 is 3.48. The molecule has 0 saturated heterocycles. The van der Waals surface area contributed by atoms with Crippen molar-refractivity contribution < 1.29 is 0 Å². The Kier molecular flexibility index (Phi) is 3.76. The summed E-state index contributed by atoms with van der Waals surface area (Å²) in [7, 11) is 1.92. The summed E-state index contributed by atoms with van der Waals surface area (Å²) in [6, 6.07) is 5.15. The van der Waals surface area contributed by atoms with E-state index in [4.69, 9.17) is 5.73 Å². The summed E-state index contributed by atoms with van der Waals surface area (Å²) in [5.74, 6) is 0.808. The van der Waals surface area contributed by atoms with E-state index in [2.05, 4.69) is 5.10 Å². The predicted octanol–water partition coefficient (Wildman–Crippen LogP) is 1.26. The quantitative estimate of drug-likeness (QED) is 0.844. The van der Waals surface area contributed by atoms with Crippen LogP contribution < -0.4 is 11.3 Å². The zero-order valence-electron chi connectivity index (χ0n) is 10.5. The number of nitrogen functional groups attached to an aromatic ring is 1. The lowest BCUT2D eigenvalue weighted by molar-refractivity contribution is 0.689. The van der Waals surface area contributed by atoms with E-state index < -0.39 is 0 Å². The Labute approximate surface area is 110 Å². The molecule has 0 fully saturated rings. The molecule has 18 heavy (non-hydrogen) atoms. The fourth-order valence-corrected chi connectivity index (χ4v) is 2.67. The number of nitrogens with two attached hydrogens (primary N) is 1. The number of hydrogen-bond acceptors (Lipinski definition) is 4. The van der Waals surface area contributed by atoms with Crippen molar-refractivity contribution in [1.82, 2.24) is 14.3 Å². The van der Waals surface area contributed by atoms with Crippen LogP contribution in [0.25, 0.3) is 0 Å². The highest BCUT2D eigenvalue weighted by Crippen LogP contribution is 2.18. The Morgan fingerprint density at radius 1 is 1.44 bits per heavy atom. The van der Waals surface area contributed by atoms with Gasteiger partial charge < -0.3 is 10.3 Å². The van der Waals surface area contributed by atoms with Crippen LogP contribution >= 0.6 is 11.8 Å². The summed E-state index contributed by atoms with van der Waals surface area (Å²) in [6.45, 7) is 2.60. The van der Waals surface area contributed by atoms with Gasteiger partial charge in [0, 0.05) is 37.3 Å². The fraction of sp³-hybridized carbons (Fsp3) is 0.333. The van der Waals surface area contributed by atoms with Gasteiger partial charge >= 0.3 is 0 Å². The van der Waals surface area contributed by atoms with Gasteiger partial charge in [-0.1, -0.05) is 0 Å². The molecule has 0 unspecified atom stereocenters. The number of thioether (sulfide) groups is 1. The Morgan fingerprint density at radius 2 is 2.22 bits per heavy atom. The van der Waals surface area contributed by atoms with Crippen molar-refractivity contribution in [3.05, 3.63) is 40.4 Å². The first-order valence-electron chi connectivity index (χ1n) is 5.65. The van der Waals surface area contributed by atoms with Crippen molar-refractivity contribution in [2.45, 2.75) is 18.5 Å². The molecule has 2 rings (SSSR count). The zero-order chi connectivity index (χ0) is 13.1. The van der Waals surface area contributed by atoms with E-state index in [9.17, 15) is 4.79 Å². The molecule has 0 aliphatic rings. The summed E-state index contributed by atoms with van der Waals surface area (Å²) in [6.07, 6.45) is 1.68. The molecule has 0 spiro atoms. The molecule has 2 aromatic rings. The highest BCUT2D eigenvalue weighted by molar-refractivity contribution is 7.99. The lowest BCUT2D eigenvalue weighted by Gasteiger charge is -2.06. The predicted molar refractivity (Wildman–Crippen MR) is 73.8 cm³/mol. The van der Waals surface area contributed by atoms with Crippen molar-refractivity contribution in [1.29, 1.82) is 0 Å². The van der Waals surface area contributed by atoms with Gasteiger partial charge in [-0.25, -0.2) is 0 Å². The zero-order valence-corrected chi connectivity index (χ0v) is 11.3.